The average Bonchev–Trinajstić information content (AvgIpc) is 2.28. The van der Waals surface area contributed by atoms with Crippen LogP contribution in [0.2, 0.25) is 0 Å². The van der Waals surface area contributed by atoms with Crippen molar-refractivity contribution in [2.75, 3.05) is 32.1 Å². The van der Waals surface area contributed by atoms with Crippen molar-refractivity contribution in [2.24, 2.45) is 0 Å². The van der Waals surface area contributed by atoms with Crippen molar-refractivity contribution in [1.82, 2.24) is 5.32 Å². The number of halogens is 1. The lowest BCUT2D eigenvalue weighted by molar-refractivity contribution is -0.115. The van der Waals surface area contributed by atoms with Gasteiger partial charge in [0.2, 0.25) is 5.91 Å². The smallest absolute Gasteiger partial charge is 0.238 e. The third-order valence-electron chi connectivity index (χ3n) is 1.90. The van der Waals surface area contributed by atoms with Crippen molar-refractivity contribution in [3.8, 4) is 0 Å². The van der Waals surface area contributed by atoms with E-state index in [2.05, 4.69) is 33.2 Å². The zero-order valence-corrected chi connectivity index (χ0v) is 11.3. The Balaban J connectivity index is 2.26. The third kappa shape index (κ3) is 5.43. The van der Waals surface area contributed by atoms with E-state index in [9.17, 15) is 4.79 Å². The Morgan fingerprint density at radius 1 is 1.38 bits per heavy atom. The second kappa shape index (κ2) is 7.59. The summed E-state index contributed by atoms with van der Waals surface area (Å²) in [6, 6.07) is 7.67. The fourth-order valence-corrected chi connectivity index (χ4v) is 1.47. The Morgan fingerprint density at radius 2 is 2.06 bits per heavy atom. The second-order valence-electron chi connectivity index (χ2n) is 3.22. The van der Waals surface area contributed by atoms with Crippen LogP contribution in [-0.2, 0) is 9.53 Å². The summed E-state index contributed by atoms with van der Waals surface area (Å²) in [7, 11) is 1.63. The Labute approximate surface area is 109 Å². The molecule has 1 aromatic rings. The topological polar surface area (TPSA) is 50.4 Å². The number of hydrogen-bond acceptors (Lipinski definition) is 3. The standard InChI is InChI=1S/C11H15IN2O2/c1-16-7-6-13-8-11(15)14-10-4-2-9(12)3-5-10/h2-5,13H,6-8H2,1H3,(H,14,15). The van der Waals surface area contributed by atoms with Gasteiger partial charge in [0.05, 0.1) is 13.2 Å². The highest BCUT2D eigenvalue weighted by Crippen LogP contribution is 2.10. The number of methoxy groups -OCH3 is 1. The Morgan fingerprint density at radius 3 is 2.69 bits per heavy atom. The molecular formula is C11H15IN2O2. The van der Waals surface area contributed by atoms with Crippen molar-refractivity contribution < 1.29 is 9.53 Å². The van der Waals surface area contributed by atoms with E-state index in [1.807, 2.05) is 24.3 Å². The van der Waals surface area contributed by atoms with E-state index in [1.54, 1.807) is 7.11 Å². The highest BCUT2D eigenvalue weighted by atomic mass is 127. The molecule has 0 aliphatic rings. The minimum absolute atomic E-state index is 0.0442. The normalized spacial score (nSPS) is 10.1. The van der Waals surface area contributed by atoms with Gasteiger partial charge in [-0.25, -0.2) is 0 Å². The van der Waals surface area contributed by atoms with Crippen LogP contribution in [0.15, 0.2) is 24.3 Å². The van der Waals surface area contributed by atoms with Gasteiger partial charge in [0.15, 0.2) is 0 Å². The van der Waals surface area contributed by atoms with E-state index < -0.39 is 0 Å². The first-order valence-corrected chi connectivity index (χ1v) is 6.05. The van der Waals surface area contributed by atoms with Crippen molar-refractivity contribution >= 4 is 34.2 Å². The van der Waals surface area contributed by atoms with Crippen molar-refractivity contribution in [2.45, 2.75) is 0 Å². The molecule has 1 amide bonds. The molecule has 0 heterocycles. The van der Waals surface area contributed by atoms with Gasteiger partial charge in [0, 0.05) is 22.9 Å². The van der Waals surface area contributed by atoms with Gasteiger partial charge in [0.25, 0.3) is 0 Å². The summed E-state index contributed by atoms with van der Waals surface area (Å²) in [5.41, 5.74) is 0.818. The molecule has 5 heteroatoms. The van der Waals surface area contributed by atoms with Gasteiger partial charge in [-0.15, -0.1) is 0 Å². The molecule has 0 atom stereocenters. The van der Waals surface area contributed by atoms with Gasteiger partial charge >= 0.3 is 0 Å². The first-order chi connectivity index (χ1) is 7.72. The van der Waals surface area contributed by atoms with Crippen LogP contribution in [0.3, 0.4) is 0 Å². The van der Waals surface area contributed by atoms with Gasteiger partial charge in [-0.3, -0.25) is 4.79 Å². The molecule has 16 heavy (non-hydrogen) atoms. The summed E-state index contributed by atoms with van der Waals surface area (Å²) in [5, 5.41) is 5.78. The van der Waals surface area contributed by atoms with Gasteiger partial charge in [-0.2, -0.15) is 0 Å². The summed E-state index contributed by atoms with van der Waals surface area (Å²) in [6.07, 6.45) is 0. The van der Waals surface area contributed by atoms with Crippen LogP contribution in [0.5, 0.6) is 0 Å². The maximum Gasteiger partial charge on any atom is 0.238 e. The number of carbonyl (C=O) groups is 1. The predicted octanol–water partition coefficient (Wildman–Crippen LogP) is 1.47. The molecule has 0 bridgehead atoms. The second-order valence-corrected chi connectivity index (χ2v) is 4.47. The lowest BCUT2D eigenvalue weighted by Crippen LogP contribution is -2.30. The molecular weight excluding hydrogens is 319 g/mol. The number of nitrogens with one attached hydrogen (secondary N) is 2. The van der Waals surface area contributed by atoms with Gasteiger partial charge in [-0.1, -0.05) is 0 Å². The lowest BCUT2D eigenvalue weighted by atomic mass is 10.3. The number of hydrogen-bond donors (Lipinski definition) is 2. The molecule has 1 rings (SSSR count). The van der Waals surface area contributed by atoms with E-state index in [0.29, 0.717) is 19.7 Å². The Kier molecular flexibility index (Phi) is 6.36. The maximum atomic E-state index is 11.4. The number of ether oxygens (including phenoxy) is 1. The molecule has 88 valence electrons. The summed E-state index contributed by atoms with van der Waals surface area (Å²) < 4.78 is 6.01. The summed E-state index contributed by atoms with van der Waals surface area (Å²) >= 11 is 2.22. The van der Waals surface area contributed by atoms with Gasteiger partial charge < -0.3 is 15.4 Å². The fourth-order valence-electron chi connectivity index (χ4n) is 1.11. The van der Waals surface area contributed by atoms with E-state index in [4.69, 9.17) is 4.74 Å². The monoisotopic (exact) mass is 334 g/mol. The van der Waals surface area contributed by atoms with Crippen molar-refractivity contribution in [3.63, 3.8) is 0 Å². The first kappa shape index (κ1) is 13.4. The fraction of sp³-hybridized carbons (Fsp3) is 0.364. The number of amides is 1. The average molecular weight is 334 g/mol. The Bertz CT molecular complexity index is 327. The van der Waals surface area contributed by atoms with E-state index in [-0.39, 0.29) is 5.91 Å². The zero-order chi connectivity index (χ0) is 11.8. The summed E-state index contributed by atoms with van der Waals surface area (Å²) in [6.45, 7) is 1.59. The van der Waals surface area contributed by atoms with E-state index >= 15 is 0 Å². The Hall–Kier alpha value is -0.660. The summed E-state index contributed by atoms with van der Waals surface area (Å²) in [4.78, 5) is 11.4. The molecule has 1 aromatic carbocycles. The quantitative estimate of drug-likeness (QED) is 0.612. The molecule has 0 saturated carbocycles. The molecule has 0 fully saturated rings. The van der Waals surface area contributed by atoms with E-state index in [0.717, 1.165) is 9.26 Å². The zero-order valence-electron chi connectivity index (χ0n) is 9.13. The first-order valence-electron chi connectivity index (χ1n) is 4.97. The van der Waals surface area contributed by atoms with Crippen LogP contribution in [0.25, 0.3) is 0 Å². The minimum atomic E-state index is -0.0442. The van der Waals surface area contributed by atoms with Crippen LogP contribution in [0.1, 0.15) is 0 Å². The van der Waals surface area contributed by atoms with Gasteiger partial charge in [0.1, 0.15) is 0 Å². The number of anilines is 1. The molecule has 0 radical (unpaired) electrons. The highest BCUT2D eigenvalue weighted by molar-refractivity contribution is 14.1. The number of rotatable bonds is 6. The van der Waals surface area contributed by atoms with Crippen molar-refractivity contribution in [1.29, 1.82) is 0 Å². The SMILES string of the molecule is COCCNCC(=O)Nc1ccc(I)cc1. The molecule has 4 nitrogen and oxygen atoms in total. The largest absolute Gasteiger partial charge is 0.383 e. The predicted molar refractivity (Wildman–Crippen MR) is 72.5 cm³/mol. The van der Waals surface area contributed by atoms with Crippen LogP contribution in [0, 0.1) is 3.57 Å². The number of benzene rings is 1. The van der Waals surface area contributed by atoms with Crippen LogP contribution >= 0.6 is 22.6 Å². The molecule has 0 unspecified atom stereocenters. The molecule has 0 saturated heterocycles. The van der Waals surface area contributed by atoms with Crippen LogP contribution < -0.4 is 10.6 Å². The van der Waals surface area contributed by atoms with Gasteiger partial charge in [-0.05, 0) is 46.9 Å². The van der Waals surface area contributed by atoms with E-state index in [1.165, 1.54) is 0 Å². The van der Waals surface area contributed by atoms with Crippen LogP contribution in [-0.4, -0.2) is 32.7 Å². The minimum Gasteiger partial charge on any atom is -0.383 e. The molecule has 0 aliphatic heterocycles. The lowest BCUT2D eigenvalue weighted by Gasteiger charge is -2.06. The molecule has 0 aromatic heterocycles. The summed E-state index contributed by atoms with van der Waals surface area (Å²) in [5.74, 6) is -0.0442. The molecule has 2 N–H and O–H groups in total. The molecule has 0 spiro atoms. The number of carbonyl (C=O) groups excluding carboxylic acids is 1. The third-order valence-corrected chi connectivity index (χ3v) is 2.62. The highest BCUT2D eigenvalue weighted by Gasteiger charge is 2.00. The van der Waals surface area contributed by atoms with Crippen molar-refractivity contribution in [3.05, 3.63) is 27.8 Å². The molecule has 0 aliphatic carbocycles. The van der Waals surface area contributed by atoms with Crippen LogP contribution in [0.4, 0.5) is 5.69 Å². The maximum absolute atomic E-state index is 11.4.